The van der Waals surface area contributed by atoms with Gasteiger partial charge in [0, 0.05) is 0 Å². The predicted molar refractivity (Wildman–Crippen MR) is 112 cm³/mol. The van der Waals surface area contributed by atoms with Crippen LogP contribution in [0.2, 0.25) is 18.1 Å². The Morgan fingerprint density at radius 1 is 1.15 bits per heavy atom. The maximum Gasteiger partial charge on any atom is 0.192 e. The van der Waals surface area contributed by atoms with Crippen LogP contribution in [0.4, 0.5) is 0 Å². The van der Waals surface area contributed by atoms with Crippen molar-refractivity contribution in [2.45, 2.75) is 103 Å². The Morgan fingerprint density at radius 3 is 2.27 bits per heavy atom. The first-order valence-corrected chi connectivity index (χ1v) is 13.2. The first-order valence-electron chi connectivity index (χ1n) is 10.3. The normalized spacial score (nSPS) is 35.3. The summed E-state index contributed by atoms with van der Waals surface area (Å²) < 4.78 is 12.4. The van der Waals surface area contributed by atoms with Crippen LogP contribution in [0.5, 0.6) is 0 Å². The molecule has 3 nitrogen and oxygen atoms in total. The Bertz CT molecular complexity index is 526. The van der Waals surface area contributed by atoms with Crippen LogP contribution >= 0.6 is 0 Å². The van der Waals surface area contributed by atoms with Crippen LogP contribution < -0.4 is 0 Å². The van der Waals surface area contributed by atoms with Gasteiger partial charge in [0.05, 0.1) is 25.1 Å². The molecule has 152 valence electrons. The number of hydrogen-bond acceptors (Lipinski definition) is 3. The van der Waals surface area contributed by atoms with Gasteiger partial charge in [0.1, 0.15) is 0 Å². The fourth-order valence-electron chi connectivity index (χ4n) is 4.75. The number of rotatable bonds is 4. The van der Waals surface area contributed by atoms with Gasteiger partial charge >= 0.3 is 0 Å². The van der Waals surface area contributed by atoms with Crippen LogP contribution in [0.3, 0.4) is 0 Å². The molecule has 0 aromatic rings. The highest BCUT2D eigenvalue weighted by atomic mass is 28.4. The molecule has 0 heterocycles. The van der Waals surface area contributed by atoms with E-state index < -0.39 is 13.9 Å². The summed E-state index contributed by atoms with van der Waals surface area (Å²) in [5.41, 5.74) is 0.936. The molecule has 0 spiro atoms. The molecule has 4 heteroatoms. The molecule has 0 saturated heterocycles. The molecule has 0 amide bonds. The van der Waals surface area contributed by atoms with Gasteiger partial charge < -0.3 is 14.3 Å². The van der Waals surface area contributed by atoms with Crippen LogP contribution in [0, 0.1) is 17.3 Å². The summed E-state index contributed by atoms with van der Waals surface area (Å²) in [6, 6.07) is 0. The minimum Gasteiger partial charge on any atom is -0.504 e. The molecule has 2 saturated carbocycles. The third kappa shape index (κ3) is 4.23. The van der Waals surface area contributed by atoms with E-state index >= 15 is 0 Å². The largest absolute Gasteiger partial charge is 0.504 e. The van der Waals surface area contributed by atoms with Crippen molar-refractivity contribution in [2.24, 2.45) is 17.3 Å². The topological polar surface area (TPSA) is 38.7 Å². The zero-order chi connectivity index (χ0) is 20.0. The number of aliphatic hydroxyl groups is 1. The first kappa shape index (κ1) is 22.0. The molecular formula is C22H42O3Si. The molecule has 1 N–H and O–H groups in total. The molecule has 0 aromatic carbocycles. The average molecular weight is 383 g/mol. The third-order valence-corrected chi connectivity index (χ3v) is 12.2. The lowest BCUT2D eigenvalue weighted by Gasteiger charge is -2.56. The predicted octanol–water partition coefficient (Wildman–Crippen LogP) is 5.89. The quantitative estimate of drug-likeness (QED) is 0.486. The van der Waals surface area contributed by atoms with E-state index in [4.69, 9.17) is 9.16 Å². The van der Waals surface area contributed by atoms with Gasteiger partial charge in [-0.05, 0) is 86.9 Å². The summed E-state index contributed by atoms with van der Waals surface area (Å²) in [7, 11) is -0.0610. The Kier molecular flexibility index (Phi) is 6.13. The Balaban J connectivity index is 2.32. The van der Waals surface area contributed by atoms with Crippen LogP contribution in [0.1, 0.15) is 73.6 Å². The molecule has 0 aromatic heterocycles. The lowest BCUT2D eigenvalue weighted by molar-refractivity contribution is -0.0850. The lowest BCUT2D eigenvalue weighted by atomic mass is 9.54. The van der Waals surface area contributed by atoms with Crippen LogP contribution in [-0.2, 0) is 9.16 Å². The van der Waals surface area contributed by atoms with Crippen molar-refractivity contribution in [1.29, 1.82) is 0 Å². The SMILES string of the molecule is CO/C=C1\CC[C@@H](O[Si](C)(C)C(C)(C)C)[C@]2(C)CC[C@@H](C(C)(C)O)C[C@@H]12. The lowest BCUT2D eigenvalue weighted by Crippen LogP contribution is -2.55. The highest BCUT2D eigenvalue weighted by Gasteiger charge is 2.53. The molecule has 26 heavy (non-hydrogen) atoms. The van der Waals surface area contributed by atoms with Gasteiger partial charge in [0.25, 0.3) is 0 Å². The van der Waals surface area contributed by atoms with E-state index in [-0.39, 0.29) is 10.5 Å². The standard InChI is InChI=1S/C22H42O3Si/c1-20(2,3)26(8,9)25-19-11-10-16(15-24-7)18-14-17(21(4,5)23)12-13-22(18,19)6/h15,17-19,23H,10-14H2,1-9H3/b16-15+/t17-,18+,19-,22-/m1/s1. The monoisotopic (exact) mass is 382 g/mol. The first-order chi connectivity index (χ1) is 11.7. The van der Waals surface area contributed by atoms with Gasteiger partial charge in [-0.15, -0.1) is 0 Å². The fourth-order valence-corrected chi connectivity index (χ4v) is 6.21. The summed E-state index contributed by atoms with van der Waals surface area (Å²) in [4.78, 5) is 0. The van der Waals surface area contributed by atoms with E-state index in [1.165, 1.54) is 5.57 Å². The second-order valence-electron chi connectivity index (χ2n) is 11.0. The molecule has 0 radical (unpaired) electrons. The highest BCUT2D eigenvalue weighted by molar-refractivity contribution is 6.74. The van der Waals surface area contributed by atoms with Crippen molar-refractivity contribution in [3.8, 4) is 0 Å². The smallest absolute Gasteiger partial charge is 0.192 e. The molecule has 4 atom stereocenters. The summed E-state index contributed by atoms with van der Waals surface area (Å²) in [5, 5.41) is 10.8. The average Bonchev–Trinajstić information content (AvgIpc) is 2.47. The summed E-state index contributed by atoms with van der Waals surface area (Å²) in [5.74, 6) is 0.781. The number of hydrogen-bond donors (Lipinski definition) is 1. The zero-order valence-corrected chi connectivity index (χ0v) is 19.6. The highest BCUT2D eigenvalue weighted by Crippen LogP contribution is 2.57. The molecule has 2 fully saturated rings. The number of allylic oxidation sites excluding steroid dienone is 1. The Hall–Kier alpha value is -0.323. The van der Waals surface area contributed by atoms with Gasteiger partial charge in [-0.1, -0.05) is 27.7 Å². The number of ether oxygens (including phenoxy) is 1. The van der Waals surface area contributed by atoms with Gasteiger partial charge in [-0.25, -0.2) is 0 Å². The molecule has 2 aliphatic carbocycles. The van der Waals surface area contributed by atoms with Gasteiger partial charge in [0.2, 0.25) is 0 Å². The summed E-state index contributed by atoms with van der Waals surface area (Å²) >= 11 is 0. The summed E-state index contributed by atoms with van der Waals surface area (Å²) in [6.07, 6.45) is 7.64. The number of fused-ring (bicyclic) bond motifs is 1. The second-order valence-corrected chi connectivity index (χ2v) is 15.8. The van der Waals surface area contributed by atoms with Crippen molar-refractivity contribution in [3.05, 3.63) is 11.8 Å². The van der Waals surface area contributed by atoms with Crippen LogP contribution in [0.15, 0.2) is 11.8 Å². The van der Waals surface area contributed by atoms with E-state index in [1.54, 1.807) is 7.11 Å². The second kappa shape index (κ2) is 7.25. The molecule has 2 aliphatic rings. The molecular weight excluding hydrogens is 340 g/mol. The molecule has 2 rings (SSSR count). The molecule has 0 unspecified atom stereocenters. The third-order valence-electron chi connectivity index (χ3n) is 7.74. The number of methoxy groups -OCH3 is 1. The summed E-state index contributed by atoms with van der Waals surface area (Å²) in [6.45, 7) is 18.1. The van der Waals surface area contributed by atoms with Crippen molar-refractivity contribution < 1.29 is 14.3 Å². The van der Waals surface area contributed by atoms with E-state index in [2.05, 4.69) is 40.8 Å². The van der Waals surface area contributed by atoms with E-state index in [9.17, 15) is 5.11 Å². The van der Waals surface area contributed by atoms with Crippen molar-refractivity contribution in [1.82, 2.24) is 0 Å². The maximum atomic E-state index is 10.6. The Labute approximate surface area is 162 Å². The van der Waals surface area contributed by atoms with Gasteiger partial charge in [0.15, 0.2) is 8.32 Å². The molecule has 0 aliphatic heterocycles. The molecule has 0 bridgehead atoms. The van der Waals surface area contributed by atoms with Gasteiger partial charge in [-0.3, -0.25) is 0 Å². The van der Waals surface area contributed by atoms with E-state index in [0.717, 1.165) is 32.1 Å². The van der Waals surface area contributed by atoms with Crippen molar-refractivity contribution in [3.63, 3.8) is 0 Å². The van der Waals surface area contributed by atoms with Gasteiger partial charge in [-0.2, -0.15) is 0 Å². The Morgan fingerprint density at radius 2 is 1.77 bits per heavy atom. The zero-order valence-electron chi connectivity index (χ0n) is 18.6. The van der Waals surface area contributed by atoms with Crippen molar-refractivity contribution >= 4 is 8.32 Å². The van der Waals surface area contributed by atoms with Crippen LogP contribution in [0.25, 0.3) is 0 Å². The van der Waals surface area contributed by atoms with E-state index in [0.29, 0.717) is 17.9 Å². The fraction of sp³-hybridized carbons (Fsp3) is 0.909. The minimum absolute atomic E-state index is 0.139. The van der Waals surface area contributed by atoms with Crippen LogP contribution in [-0.4, -0.2) is 32.2 Å². The maximum absolute atomic E-state index is 10.6. The van der Waals surface area contributed by atoms with E-state index in [1.807, 2.05) is 20.1 Å². The van der Waals surface area contributed by atoms with Crippen molar-refractivity contribution in [2.75, 3.05) is 7.11 Å². The minimum atomic E-state index is -1.81.